The minimum atomic E-state index is 0. The van der Waals surface area contributed by atoms with Crippen LogP contribution in [-0.2, 0) is 0 Å². The van der Waals surface area contributed by atoms with Crippen molar-refractivity contribution in [2.45, 2.75) is 25.3 Å². The van der Waals surface area contributed by atoms with Gasteiger partial charge in [0, 0.05) is 0 Å². The van der Waals surface area contributed by atoms with Crippen LogP contribution < -0.4 is 10.7 Å². The lowest BCUT2D eigenvalue weighted by Crippen LogP contribution is -2.39. The molecule has 75 valence electrons. The minimum Gasteiger partial charge on any atom is -0.309 e. The molecule has 1 unspecified atom stereocenters. The molecule has 3 nitrogen and oxygen atoms in total. The number of halogens is 2. The van der Waals surface area contributed by atoms with Crippen LogP contribution in [0.3, 0.4) is 0 Å². The number of hydrogen-bond donors (Lipinski definition) is 1. The van der Waals surface area contributed by atoms with E-state index in [4.69, 9.17) is 0 Å². The summed E-state index contributed by atoms with van der Waals surface area (Å²) in [5.74, 6) is 0. The summed E-state index contributed by atoms with van der Waals surface area (Å²) in [6, 6.07) is 0.464. The second-order valence-electron chi connectivity index (χ2n) is 2.96. The molecule has 0 aromatic rings. The quantitative estimate of drug-likeness (QED) is 0.718. The number of piperidine rings is 1. The Bertz CT molecular complexity index is 198. The van der Waals surface area contributed by atoms with Crippen LogP contribution in [0.25, 0.3) is 0 Å². The zero-order valence-electron chi connectivity index (χ0n) is 7.27. The summed E-state index contributed by atoms with van der Waals surface area (Å²) in [5.41, 5.74) is 4.91. The van der Waals surface area contributed by atoms with Gasteiger partial charge in [-0.05, 0) is 25.5 Å². The lowest BCUT2D eigenvalue weighted by Gasteiger charge is -2.21. The molecule has 5 heteroatoms. The maximum Gasteiger partial charge on any atom is 0.0815 e. The summed E-state index contributed by atoms with van der Waals surface area (Å²) in [6.07, 6.45) is 7.56. The van der Waals surface area contributed by atoms with Crippen LogP contribution >= 0.6 is 24.8 Å². The summed E-state index contributed by atoms with van der Waals surface area (Å²) in [6.45, 7) is 1.12. The fourth-order valence-electron chi connectivity index (χ4n) is 1.53. The predicted molar refractivity (Wildman–Crippen MR) is 58.8 cm³/mol. The highest BCUT2D eigenvalue weighted by molar-refractivity contribution is 6.00. The van der Waals surface area contributed by atoms with Gasteiger partial charge in [-0.2, -0.15) is 10.5 Å². The second-order valence-corrected chi connectivity index (χ2v) is 2.96. The number of nitrogens with one attached hydrogen (secondary N) is 1. The third kappa shape index (κ3) is 3.18. The van der Waals surface area contributed by atoms with Crippen LogP contribution in [-0.4, -0.2) is 18.3 Å². The highest BCUT2D eigenvalue weighted by Crippen LogP contribution is 2.10. The molecule has 0 aromatic carbocycles. The number of hydrogen-bond acceptors (Lipinski definition) is 2. The van der Waals surface area contributed by atoms with Crippen molar-refractivity contribution in [3.63, 3.8) is 0 Å². The van der Waals surface area contributed by atoms with Gasteiger partial charge in [0.25, 0.3) is 0 Å². The molecule has 0 saturated carbocycles. The zero-order valence-corrected chi connectivity index (χ0v) is 8.90. The molecule has 2 aliphatic heterocycles. The van der Waals surface area contributed by atoms with Crippen molar-refractivity contribution in [1.29, 1.82) is 0 Å². The van der Waals surface area contributed by atoms with E-state index >= 15 is 0 Å². The smallest absolute Gasteiger partial charge is 0.0815 e. The summed E-state index contributed by atoms with van der Waals surface area (Å²) in [7, 11) is 0. The van der Waals surface area contributed by atoms with E-state index in [1.807, 2.05) is 6.08 Å². The van der Waals surface area contributed by atoms with Crippen molar-refractivity contribution in [1.82, 2.24) is 10.7 Å². The molecule has 1 N–H and O–H groups in total. The van der Waals surface area contributed by atoms with E-state index in [1.54, 1.807) is 6.20 Å². The highest BCUT2D eigenvalue weighted by atomic mass is 35.5. The van der Waals surface area contributed by atoms with Gasteiger partial charge in [0.1, 0.15) is 0 Å². The van der Waals surface area contributed by atoms with Crippen LogP contribution in [0.1, 0.15) is 19.3 Å². The molecule has 1 fully saturated rings. The number of nitrogens with zero attached hydrogens (tertiary/aromatic N) is 2. The molecule has 13 heavy (non-hydrogen) atoms. The first-order chi connectivity index (χ1) is 5.47. The fraction of sp³-hybridized carbons (Fsp3) is 0.625. The molecule has 1 saturated heterocycles. The molecular weight excluding hydrogens is 209 g/mol. The predicted octanol–water partition coefficient (Wildman–Crippen LogP) is 1.46. The average Bonchev–Trinajstić information content (AvgIpc) is 2.58. The lowest BCUT2D eigenvalue weighted by atomic mass is 10.0. The summed E-state index contributed by atoms with van der Waals surface area (Å²) < 4.78 is 0. The van der Waals surface area contributed by atoms with E-state index in [9.17, 15) is 0 Å². The van der Waals surface area contributed by atoms with Gasteiger partial charge in [-0.1, -0.05) is 6.42 Å². The standard InChI is InChI=1S/C8H12N3.2ClH/c1-2-5-9-7(3-1)8-4-6-10-11-8;;/h4,6-7,9H,1-3,5H2;2*1H. The maximum absolute atomic E-state index is 4.03. The highest BCUT2D eigenvalue weighted by Gasteiger charge is 2.18. The van der Waals surface area contributed by atoms with Gasteiger partial charge in [0.15, 0.2) is 0 Å². The Kier molecular flexibility index (Phi) is 6.12. The topological polar surface area (TPSA) is 38.5 Å². The summed E-state index contributed by atoms with van der Waals surface area (Å²) in [4.78, 5) is 0. The molecule has 1 radical (unpaired) electrons. The van der Waals surface area contributed by atoms with E-state index < -0.39 is 0 Å². The molecule has 2 aliphatic rings. The van der Waals surface area contributed by atoms with Gasteiger partial charge in [-0.15, -0.1) is 24.8 Å². The van der Waals surface area contributed by atoms with Crippen molar-refractivity contribution in [2.24, 2.45) is 5.10 Å². The Morgan fingerprint density at radius 3 is 2.69 bits per heavy atom. The first kappa shape index (κ1) is 12.8. The van der Waals surface area contributed by atoms with E-state index in [2.05, 4.69) is 15.8 Å². The van der Waals surface area contributed by atoms with Gasteiger partial charge in [-0.25, -0.2) is 0 Å². The van der Waals surface area contributed by atoms with Crippen molar-refractivity contribution >= 4 is 30.5 Å². The molecule has 0 aromatic heterocycles. The molecule has 0 bridgehead atoms. The Labute approximate surface area is 90.9 Å². The largest absolute Gasteiger partial charge is 0.309 e. The van der Waals surface area contributed by atoms with Crippen LogP contribution in [0, 0.1) is 0 Å². The first-order valence-electron chi connectivity index (χ1n) is 4.14. The number of rotatable bonds is 1. The lowest BCUT2D eigenvalue weighted by molar-refractivity contribution is 0.472. The molecule has 1 atom stereocenters. The van der Waals surface area contributed by atoms with Crippen molar-refractivity contribution in [3.05, 3.63) is 12.3 Å². The molecular formula is C8H14Cl2N3. The maximum atomic E-state index is 4.03. The van der Waals surface area contributed by atoms with Crippen molar-refractivity contribution in [2.75, 3.05) is 6.54 Å². The monoisotopic (exact) mass is 222 g/mol. The molecule has 2 heterocycles. The van der Waals surface area contributed by atoms with Gasteiger partial charge >= 0.3 is 0 Å². The van der Waals surface area contributed by atoms with Crippen molar-refractivity contribution in [3.8, 4) is 0 Å². The van der Waals surface area contributed by atoms with E-state index in [-0.39, 0.29) is 24.8 Å². The van der Waals surface area contributed by atoms with Crippen LogP contribution in [0.15, 0.2) is 17.4 Å². The molecule has 2 rings (SSSR count). The normalized spacial score (nSPS) is 25.2. The van der Waals surface area contributed by atoms with Gasteiger partial charge in [0.05, 0.1) is 18.0 Å². The molecule has 0 spiro atoms. The summed E-state index contributed by atoms with van der Waals surface area (Å²) in [5, 5.41) is 7.45. The van der Waals surface area contributed by atoms with Crippen LogP contribution in [0.2, 0.25) is 0 Å². The Hall–Kier alpha value is -0.250. The third-order valence-corrected chi connectivity index (χ3v) is 2.15. The van der Waals surface area contributed by atoms with Crippen molar-refractivity contribution < 1.29 is 0 Å². The van der Waals surface area contributed by atoms with E-state index in [0.717, 1.165) is 12.3 Å². The Morgan fingerprint density at radius 2 is 2.15 bits per heavy atom. The fourth-order valence-corrected chi connectivity index (χ4v) is 1.53. The zero-order chi connectivity index (χ0) is 7.52. The minimum absolute atomic E-state index is 0. The third-order valence-electron chi connectivity index (χ3n) is 2.15. The first-order valence-corrected chi connectivity index (χ1v) is 4.14. The van der Waals surface area contributed by atoms with Gasteiger partial charge < -0.3 is 5.32 Å². The summed E-state index contributed by atoms with van der Waals surface area (Å²) >= 11 is 0. The second kappa shape index (κ2) is 6.24. The van der Waals surface area contributed by atoms with Crippen LogP contribution in [0.4, 0.5) is 0 Å². The molecule has 0 aliphatic carbocycles. The van der Waals surface area contributed by atoms with E-state index in [1.165, 1.54) is 19.3 Å². The SMILES string of the molecule is C1=CC(C2CCCCN2)=N[N]1.Cl.Cl. The van der Waals surface area contributed by atoms with Gasteiger partial charge in [-0.3, -0.25) is 0 Å². The van der Waals surface area contributed by atoms with E-state index in [0.29, 0.717) is 6.04 Å². The van der Waals surface area contributed by atoms with Crippen LogP contribution in [0.5, 0.6) is 0 Å². The average molecular weight is 223 g/mol. The Balaban J connectivity index is 0.000000720. The van der Waals surface area contributed by atoms with Gasteiger partial charge in [0.2, 0.25) is 0 Å². The Morgan fingerprint density at radius 1 is 1.31 bits per heavy atom. The molecule has 0 amide bonds.